The summed E-state index contributed by atoms with van der Waals surface area (Å²) < 4.78 is 0. The first-order chi connectivity index (χ1) is 11.5. The van der Waals surface area contributed by atoms with Crippen molar-refractivity contribution >= 4 is 33.3 Å². The molecule has 3 heterocycles. The van der Waals surface area contributed by atoms with E-state index in [1.54, 1.807) is 0 Å². The lowest BCUT2D eigenvalue weighted by atomic mass is 10.2. The maximum absolute atomic E-state index is 11.4. The summed E-state index contributed by atoms with van der Waals surface area (Å²) in [7, 11) is 1.94. The third-order valence-electron chi connectivity index (χ3n) is 4.32. The van der Waals surface area contributed by atoms with E-state index in [0.29, 0.717) is 27.7 Å². The number of aromatic carboxylic acids is 1. The van der Waals surface area contributed by atoms with Gasteiger partial charge in [0.15, 0.2) is 0 Å². The molecule has 0 amide bonds. The van der Waals surface area contributed by atoms with E-state index in [1.807, 2.05) is 18.9 Å². The maximum atomic E-state index is 11.4. The minimum atomic E-state index is -0.924. The van der Waals surface area contributed by atoms with E-state index in [-0.39, 0.29) is 0 Å². The number of aryl methyl sites for hydroxylation is 1. The molecule has 0 atom stereocenters. The number of carboxylic acids is 1. The number of aromatic nitrogens is 4. The van der Waals surface area contributed by atoms with Crippen LogP contribution in [0.15, 0.2) is 12.4 Å². The smallest absolute Gasteiger partial charge is 0.346 e. The summed E-state index contributed by atoms with van der Waals surface area (Å²) in [5, 5.41) is 17.6. The summed E-state index contributed by atoms with van der Waals surface area (Å²) in [5.41, 5.74) is 2.87. The summed E-state index contributed by atoms with van der Waals surface area (Å²) in [5.74, 6) is 0.430. The number of aromatic amines is 1. The number of carboxylic acid groups (broad SMARTS) is 1. The topological polar surface area (TPSA) is 95.0 Å². The van der Waals surface area contributed by atoms with E-state index < -0.39 is 5.97 Å². The molecule has 1 aliphatic carbocycles. The standard InChI is InChI=1S/C16H17N5O2S/c1-8-12-14(17-7-18-15(12)24-13(8)16(22)23)21(2)6-10-5-11(20-19-10)9-3-4-9/h5,7,9H,3-4,6H2,1-2H3,(H,19,20)(H,22,23). The van der Waals surface area contributed by atoms with Crippen LogP contribution in [0.1, 0.15) is 45.4 Å². The van der Waals surface area contributed by atoms with Crippen LogP contribution < -0.4 is 4.90 Å². The summed E-state index contributed by atoms with van der Waals surface area (Å²) >= 11 is 1.19. The maximum Gasteiger partial charge on any atom is 0.346 e. The summed E-state index contributed by atoms with van der Waals surface area (Å²) in [6.07, 6.45) is 3.93. The molecule has 1 aliphatic rings. The minimum Gasteiger partial charge on any atom is -0.477 e. The van der Waals surface area contributed by atoms with Crippen LogP contribution in [0.25, 0.3) is 10.2 Å². The number of hydrogen-bond acceptors (Lipinski definition) is 6. The largest absolute Gasteiger partial charge is 0.477 e. The Bertz CT molecular complexity index is 928. The molecule has 1 fully saturated rings. The lowest BCUT2D eigenvalue weighted by molar-refractivity contribution is 0.0701. The van der Waals surface area contributed by atoms with Crippen molar-refractivity contribution in [1.82, 2.24) is 20.2 Å². The number of nitrogens with one attached hydrogen (secondary N) is 1. The molecule has 8 heteroatoms. The molecule has 0 spiro atoms. The van der Waals surface area contributed by atoms with Crippen LogP contribution >= 0.6 is 11.3 Å². The van der Waals surface area contributed by atoms with Crippen molar-refractivity contribution < 1.29 is 9.90 Å². The van der Waals surface area contributed by atoms with Crippen molar-refractivity contribution in [1.29, 1.82) is 0 Å². The van der Waals surface area contributed by atoms with E-state index in [4.69, 9.17) is 0 Å². The number of rotatable bonds is 5. The van der Waals surface area contributed by atoms with Gasteiger partial charge in [0, 0.05) is 13.0 Å². The highest BCUT2D eigenvalue weighted by atomic mass is 32.1. The lowest BCUT2D eigenvalue weighted by Crippen LogP contribution is -2.18. The first-order valence-electron chi connectivity index (χ1n) is 7.77. The van der Waals surface area contributed by atoms with Crippen molar-refractivity contribution in [3.63, 3.8) is 0 Å². The third-order valence-corrected chi connectivity index (χ3v) is 5.50. The zero-order valence-corrected chi connectivity index (χ0v) is 14.2. The number of H-pyrrole nitrogens is 1. The Balaban J connectivity index is 1.67. The van der Waals surface area contributed by atoms with Crippen LogP contribution in [-0.4, -0.2) is 38.3 Å². The van der Waals surface area contributed by atoms with Gasteiger partial charge in [-0.3, -0.25) is 5.10 Å². The molecule has 24 heavy (non-hydrogen) atoms. The number of anilines is 1. The third kappa shape index (κ3) is 2.52. The van der Waals surface area contributed by atoms with Crippen molar-refractivity contribution in [3.05, 3.63) is 34.2 Å². The molecule has 7 nitrogen and oxygen atoms in total. The van der Waals surface area contributed by atoms with Gasteiger partial charge in [-0.2, -0.15) is 5.10 Å². The number of fused-ring (bicyclic) bond motifs is 1. The number of hydrogen-bond donors (Lipinski definition) is 2. The van der Waals surface area contributed by atoms with E-state index >= 15 is 0 Å². The van der Waals surface area contributed by atoms with Crippen LogP contribution in [0, 0.1) is 6.92 Å². The van der Waals surface area contributed by atoms with Crippen molar-refractivity contribution in [2.45, 2.75) is 32.2 Å². The van der Waals surface area contributed by atoms with Crippen LogP contribution in [0.5, 0.6) is 0 Å². The fraction of sp³-hybridized carbons (Fsp3) is 0.375. The molecule has 3 aromatic rings. The Morgan fingerprint density at radius 2 is 2.25 bits per heavy atom. The van der Waals surface area contributed by atoms with Gasteiger partial charge >= 0.3 is 5.97 Å². The fourth-order valence-corrected chi connectivity index (χ4v) is 3.91. The first-order valence-corrected chi connectivity index (χ1v) is 8.59. The second-order valence-corrected chi connectivity index (χ2v) is 7.19. The summed E-state index contributed by atoms with van der Waals surface area (Å²) in [4.78, 5) is 23.0. The average molecular weight is 343 g/mol. The van der Waals surface area contributed by atoms with E-state index in [9.17, 15) is 9.90 Å². The normalized spacial score (nSPS) is 14.2. The van der Waals surface area contributed by atoms with Gasteiger partial charge in [-0.05, 0) is 31.4 Å². The molecule has 0 bridgehead atoms. The van der Waals surface area contributed by atoms with Crippen LogP contribution in [0.4, 0.5) is 5.82 Å². The van der Waals surface area contributed by atoms with Gasteiger partial charge in [-0.15, -0.1) is 11.3 Å². The SMILES string of the molecule is Cc1c(C(=O)O)sc2ncnc(N(C)Cc3cc(C4CC4)n[nH]3)c12. The van der Waals surface area contributed by atoms with E-state index in [2.05, 4.69) is 26.2 Å². The zero-order chi connectivity index (χ0) is 16.8. The molecule has 0 saturated heterocycles. The van der Waals surface area contributed by atoms with Gasteiger partial charge < -0.3 is 10.0 Å². The van der Waals surface area contributed by atoms with Crippen molar-refractivity contribution in [2.24, 2.45) is 0 Å². The summed E-state index contributed by atoms with van der Waals surface area (Å²) in [6, 6.07) is 2.11. The Morgan fingerprint density at radius 1 is 1.46 bits per heavy atom. The highest BCUT2D eigenvalue weighted by Crippen LogP contribution is 2.39. The molecule has 1 saturated carbocycles. The molecule has 3 aromatic heterocycles. The quantitative estimate of drug-likeness (QED) is 0.739. The number of carbonyl (C=O) groups is 1. The fourth-order valence-electron chi connectivity index (χ4n) is 2.93. The Kier molecular flexibility index (Phi) is 3.49. The van der Waals surface area contributed by atoms with Gasteiger partial charge in [0.1, 0.15) is 21.9 Å². The highest BCUT2D eigenvalue weighted by Gasteiger charge is 2.26. The van der Waals surface area contributed by atoms with E-state index in [0.717, 1.165) is 22.6 Å². The predicted octanol–water partition coefficient (Wildman–Crippen LogP) is 2.93. The predicted molar refractivity (Wildman–Crippen MR) is 91.8 cm³/mol. The van der Waals surface area contributed by atoms with Gasteiger partial charge in [0.25, 0.3) is 0 Å². The average Bonchev–Trinajstić information content (AvgIpc) is 3.21. The van der Waals surface area contributed by atoms with Crippen molar-refractivity contribution in [2.75, 3.05) is 11.9 Å². The molecule has 2 N–H and O–H groups in total. The molecular formula is C16H17N5O2S. The van der Waals surface area contributed by atoms with Gasteiger partial charge in [0.2, 0.25) is 0 Å². The minimum absolute atomic E-state index is 0.317. The van der Waals surface area contributed by atoms with Gasteiger partial charge in [-0.25, -0.2) is 14.8 Å². The molecule has 0 aromatic carbocycles. The number of thiophene rings is 1. The summed E-state index contributed by atoms with van der Waals surface area (Å²) in [6.45, 7) is 2.44. The second-order valence-electron chi connectivity index (χ2n) is 6.19. The second kappa shape index (κ2) is 5.55. The Morgan fingerprint density at radius 3 is 2.96 bits per heavy atom. The van der Waals surface area contributed by atoms with Gasteiger partial charge in [0.05, 0.1) is 23.3 Å². The monoisotopic (exact) mass is 343 g/mol. The zero-order valence-electron chi connectivity index (χ0n) is 13.4. The number of nitrogens with zero attached hydrogens (tertiary/aromatic N) is 4. The highest BCUT2D eigenvalue weighted by molar-refractivity contribution is 7.20. The molecule has 4 rings (SSSR count). The van der Waals surface area contributed by atoms with Crippen LogP contribution in [0.2, 0.25) is 0 Å². The Labute approximate surface area is 142 Å². The molecule has 124 valence electrons. The molecule has 0 radical (unpaired) electrons. The van der Waals surface area contributed by atoms with Gasteiger partial charge in [-0.1, -0.05) is 0 Å². The van der Waals surface area contributed by atoms with Crippen LogP contribution in [0.3, 0.4) is 0 Å². The Hall–Kier alpha value is -2.48. The molecular weight excluding hydrogens is 326 g/mol. The first kappa shape index (κ1) is 15.1. The van der Waals surface area contributed by atoms with E-state index in [1.165, 1.54) is 30.5 Å². The molecule has 0 aliphatic heterocycles. The lowest BCUT2D eigenvalue weighted by Gasteiger charge is -2.18. The van der Waals surface area contributed by atoms with Crippen molar-refractivity contribution in [3.8, 4) is 0 Å². The molecule has 0 unspecified atom stereocenters. The van der Waals surface area contributed by atoms with Crippen LogP contribution in [-0.2, 0) is 6.54 Å².